The van der Waals surface area contributed by atoms with E-state index in [-0.39, 0.29) is 11.0 Å². The summed E-state index contributed by atoms with van der Waals surface area (Å²) >= 11 is 4.07. The molecular weight excluding hydrogens is 358 g/mol. The van der Waals surface area contributed by atoms with Crippen molar-refractivity contribution in [2.75, 3.05) is 6.54 Å². The quantitative estimate of drug-likeness (QED) is 0.547. The highest BCUT2D eigenvalue weighted by molar-refractivity contribution is 7.96. The molecule has 4 N–H and O–H groups in total. The van der Waals surface area contributed by atoms with Gasteiger partial charge in [-0.2, -0.15) is 0 Å². The number of carbonyl (C=O) groups is 2. The third-order valence-electron chi connectivity index (χ3n) is 4.45. The lowest BCUT2D eigenvalue weighted by Gasteiger charge is -2.32. The van der Waals surface area contributed by atoms with Crippen molar-refractivity contribution < 1.29 is 9.59 Å². The molecule has 6 heteroatoms. The Morgan fingerprint density at radius 1 is 0.963 bits per heavy atom. The normalized spacial score (nSPS) is 13.0. The standard InChI is InChI=1S/C21H27N3O2S/c22-13-7-12-18(23)20(25)24(15-17-10-5-2-6-11-17)19(21(26)27)14-16-8-3-1-4-9-16/h1-6,8-11,18-19H,7,12-15,22-23H2,(H,26,27)/t18-,19-/m1/s1. The molecule has 27 heavy (non-hydrogen) atoms. The fourth-order valence-corrected chi connectivity index (χ4v) is 3.19. The summed E-state index contributed by atoms with van der Waals surface area (Å²) in [5.41, 5.74) is 13.5. The van der Waals surface area contributed by atoms with E-state index < -0.39 is 12.1 Å². The number of nitrogens with zero attached hydrogens (tertiary/aromatic N) is 1. The van der Waals surface area contributed by atoms with Gasteiger partial charge < -0.3 is 16.4 Å². The van der Waals surface area contributed by atoms with E-state index >= 15 is 0 Å². The van der Waals surface area contributed by atoms with Crippen molar-refractivity contribution in [3.05, 3.63) is 71.8 Å². The van der Waals surface area contributed by atoms with Gasteiger partial charge in [-0.3, -0.25) is 9.59 Å². The van der Waals surface area contributed by atoms with Crippen LogP contribution in [-0.2, 0) is 22.6 Å². The highest BCUT2D eigenvalue weighted by Crippen LogP contribution is 2.17. The van der Waals surface area contributed by atoms with Crippen LogP contribution in [0.25, 0.3) is 0 Å². The number of nitrogens with two attached hydrogens (primary N) is 2. The summed E-state index contributed by atoms with van der Waals surface area (Å²) in [4.78, 5) is 26.9. The lowest BCUT2D eigenvalue weighted by Crippen LogP contribution is -2.51. The van der Waals surface area contributed by atoms with E-state index in [4.69, 9.17) is 11.5 Å². The molecule has 0 saturated carbocycles. The fraction of sp³-hybridized carbons (Fsp3) is 0.333. The zero-order valence-corrected chi connectivity index (χ0v) is 16.2. The minimum Gasteiger partial charge on any atom is -0.330 e. The topological polar surface area (TPSA) is 89.4 Å². The molecule has 144 valence electrons. The molecule has 0 radical (unpaired) electrons. The second kappa shape index (κ2) is 10.9. The maximum atomic E-state index is 13.1. The van der Waals surface area contributed by atoms with Crippen molar-refractivity contribution >= 4 is 23.7 Å². The summed E-state index contributed by atoms with van der Waals surface area (Å²) in [5.74, 6) is -0.254. The van der Waals surface area contributed by atoms with Gasteiger partial charge in [-0.1, -0.05) is 60.7 Å². The predicted molar refractivity (Wildman–Crippen MR) is 111 cm³/mol. The Morgan fingerprint density at radius 3 is 2.04 bits per heavy atom. The first kappa shape index (κ1) is 21.2. The van der Waals surface area contributed by atoms with Gasteiger partial charge in [0.25, 0.3) is 0 Å². The van der Waals surface area contributed by atoms with E-state index in [1.54, 1.807) is 4.90 Å². The first-order chi connectivity index (χ1) is 13.0. The fourth-order valence-electron chi connectivity index (χ4n) is 2.96. The second-order valence-corrected chi connectivity index (χ2v) is 6.97. The summed E-state index contributed by atoms with van der Waals surface area (Å²) in [7, 11) is 0. The molecule has 0 aromatic heterocycles. The SMILES string of the molecule is NCCC[C@@H](N)C(=O)N(Cc1ccccc1)[C@H](Cc1ccccc1)C(=O)S. The molecule has 0 unspecified atom stereocenters. The largest absolute Gasteiger partial charge is 0.330 e. The highest BCUT2D eigenvalue weighted by Gasteiger charge is 2.31. The van der Waals surface area contributed by atoms with E-state index in [2.05, 4.69) is 12.6 Å². The van der Waals surface area contributed by atoms with Gasteiger partial charge in [0, 0.05) is 13.0 Å². The number of amides is 1. The average molecular weight is 386 g/mol. The van der Waals surface area contributed by atoms with Crippen LogP contribution in [0.2, 0.25) is 0 Å². The number of benzene rings is 2. The lowest BCUT2D eigenvalue weighted by atomic mass is 10.0. The van der Waals surface area contributed by atoms with Crippen LogP contribution >= 0.6 is 12.6 Å². The molecule has 2 atom stereocenters. The van der Waals surface area contributed by atoms with Crippen LogP contribution in [0.3, 0.4) is 0 Å². The molecule has 2 rings (SSSR count). The first-order valence-electron chi connectivity index (χ1n) is 9.09. The summed E-state index contributed by atoms with van der Waals surface area (Å²) in [6.07, 6.45) is 1.54. The Labute approximate surface area is 166 Å². The Hall–Kier alpha value is -2.15. The van der Waals surface area contributed by atoms with Crippen LogP contribution in [-0.4, -0.2) is 34.6 Å². The Morgan fingerprint density at radius 2 is 1.52 bits per heavy atom. The van der Waals surface area contributed by atoms with Crippen molar-refractivity contribution in [1.29, 1.82) is 0 Å². The third-order valence-corrected chi connectivity index (χ3v) is 4.75. The molecule has 0 spiro atoms. The molecule has 1 amide bonds. The van der Waals surface area contributed by atoms with Gasteiger partial charge in [-0.15, -0.1) is 12.6 Å². The van der Waals surface area contributed by atoms with E-state index in [9.17, 15) is 9.59 Å². The average Bonchev–Trinajstić information content (AvgIpc) is 2.69. The molecule has 0 aliphatic carbocycles. The molecule has 0 heterocycles. The first-order valence-corrected chi connectivity index (χ1v) is 9.54. The summed E-state index contributed by atoms with van der Waals surface area (Å²) in [6.45, 7) is 0.776. The number of rotatable bonds is 10. The van der Waals surface area contributed by atoms with E-state index in [0.29, 0.717) is 32.4 Å². The number of hydrogen-bond donors (Lipinski definition) is 3. The van der Waals surface area contributed by atoms with Gasteiger partial charge >= 0.3 is 0 Å². The molecule has 0 saturated heterocycles. The number of thiol groups is 1. The third kappa shape index (κ3) is 6.50. The number of carbonyl (C=O) groups excluding carboxylic acids is 2. The summed E-state index contributed by atoms with van der Waals surface area (Å²) < 4.78 is 0. The van der Waals surface area contributed by atoms with Gasteiger partial charge in [0.1, 0.15) is 6.04 Å². The van der Waals surface area contributed by atoms with Crippen LogP contribution in [0.5, 0.6) is 0 Å². The smallest absolute Gasteiger partial charge is 0.240 e. The second-order valence-electron chi connectivity index (χ2n) is 6.53. The van der Waals surface area contributed by atoms with Gasteiger partial charge in [0.05, 0.1) is 6.04 Å². The molecule has 5 nitrogen and oxygen atoms in total. The van der Waals surface area contributed by atoms with E-state index in [1.807, 2.05) is 60.7 Å². The zero-order valence-electron chi connectivity index (χ0n) is 15.3. The van der Waals surface area contributed by atoms with Crippen LogP contribution in [0, 0.1) is 0 Å². The van der Waals surface area contributed by atoms with Crippen LogP contribution in [0.15, 0.2) is 60.7 Å². The zero-order chi connectivity index (χ0) is 19.6. The maximum absolute atomic E-state index is 13.1. The lowest BCUT2D eigenvalue weighted by molar-refractivity contribution is -0.139. The van der Waals surface area contributed by atoms with Crippen LogP contribution in [0.1, 0.15) is 24.0 Å². The maximum Gasteiger partial charge on any atom is 0.240 e. The van der Waals surface area contributed by atoms with Crippen LogP contribution in [0.4, 0.5) is 0 Å². The highest BCUT2D eigenvalue weighted by atomic mass is 32.1. The van der Waals surface area contributed by atoms with Gasteiger partial charge in [0.2, 0.25) is 11.0 Å². The van der Waals surface area contributed by atoms with Crippen molar-refractivity contribution in [1.82, 2.24) is 4.90 Å². The van der Waals surface area contributed by atoms with Crippen LogP contribution < -0.4 is 11.5 Å². The Bertz CT molecular complexity index is 725. The predicted octanol–water partition coefficient (Wildman–Crippen LogP) is 2.15. The molecule has 0 bridgehead atoms. The minimum absolute atomic E-state index is 0.254. The van der Waals surface area contributed by atoms with E-state index in [0.717, 1.165) is 11.1 Å². The van der Waals surface area contributed by atoms with Gasteiger partial charge in [-0.05, 0) is 30.5 Å². The minimum atomic E-state index is -0.691. The van der Waals surface area contributed by atoms with Crippen molar-refractivity contribution in [3.63, 3.8) is 0 Å². The molecule has 2 aromatic rings. The number of hydrogen-bond acceptors (Lipinski definition) is 4. The van der Waals surface area contributed by atoms with Gasteiger partial charge in [0.15, 0.2) is 0 Å². The van der Waals surface area contributed by atoms with Crippen molar-refractivity contribution in [3.8, 4) is 0 Å². The molecular formula is C21H27N3O2S. The summed E-state index contributed by atoms with van der Waals surface area (Å²) in [5, 5.41) is -0.353. The van der Waals surface area contributed by atoms with Gasteiger partial charge in [-0.25, -0.2) is 0 Å². The molecule has 2 aromatic carbocycles. The summed E-state index contributed by atoms with van der Waals surface area (Å²) in [6, 6.07) is 17.8. The molecule has 0 aliphatic heterocycles. The Kier molecular flexibility index (Phi) is 8.51. The molecule has 0 fully saturated rings. The van der Waals surface area contributed by atoms with E-state index in [1.165, 1.54) is 0 Å². The molecule has 0 aliphatic rings. The Balaban J connectivity index is 2.29. The van der Waals surface area contributed by atoms with Crippen molar-refractivity contribution in [2.24, 2.45) is 11.5 Å². The van der Waals surface area contributed by atoms with Crippen molar-refractivity contribution in [2.45, 2.75) is 37.9 Å². The monoisotopic (exact) mass is 385 g/mol.